The number of primary amides is 1. The molecule has 0 saturated carbocycles. The van der Waals surface area contributed by atoms with Gasteiger partial charge in [-0.05, 0) is 6.42 Å². The number of carboxylic acid groups (broad SMARTS) is 1. The van der Waals surface area contributed by atoms with Gasteiger partial charge in [-0.1, -0.05) is 0 Å². The number of carboxylic acids is 1. The molecule has 5 N–H and O–H groups in total. The SMILES string of the molecule is NC(=O)C(N)CCOCC(=O)O. The molecule has 0 saturated heterocycles. The van der Waals surface area contributed by atoms with E-state index in [-0.39, 0.29) is 19.6 Å². The molecule has 0 aromatic rings. The second-order valence-corrected chi connectivity index (χ2v) is 2.24. The molecule has 0 bridgehead atoms. The molecule has 6 heteroatoms. The summed E-state index contributed by atoms with van der Waals surface area (Å²) in [7, 11) is 0. The van der Waals surface area contributed by atoms with E-state index >= 15 is 0 Å². The van der Waals surface area contributed by atoms with E-state index in [2.05, 4.69) is 4.74 Å². The molecule has 0 aromatic carbocycles. The van der Waals surface area contributed by atoms with Gasteiger partial charge in [-0.15, -0.1) is 0 Å². The van der Waals surface area contributed by atoms with Gasteiger partial charge in [-0.2, -0.15) is 0 Å². The highest BCUT2D eigenvalue weighted by Crippen LogP contribution is 1.87. The summed E-state index contributed by atoms with van der Waals surface area (Å²) in [6.45, 7) is -0.262. The largest absolute Gasteiger partial charge is 0.480 e. The van der Waals surface area contributed by atoms with Gasteiger partial charge in [-0.3, -0.25) is 4.79 Å². The Morgan fingerprint density at radius 3 is 2.50 bits per heavy atom. The van der Waals surface area contributed by atoms with Crippen molar-refractivity contribution in [2.75, 3.05) is 13.2 Å². The van der Waals surface area contributed by atoms with Gasteiger partial charge in [0.05, 0.1) is 6.04 Å². The zero-order valence-corrected chi connectivity index (χ0v) is 6.53. The van der Waals surface area contributed by atoms with Crippen LogP contribution < -0.4 is 11.5 Å². The molecule has 0 aliphatic carbocycles. The quantitative estimate of drug-likeness (QED) is 0.417. The summed E-state index contributed by atoms with van der Waals surface area (Å²) in [4.78, 5) is 20.3. The minimum absolute atomic E-state index is 0.121. The molecule has 6 nitrogen and oxygen atoms in total. The lowest BCUT2D eigenvalue weighted by Crippen LogP contribution is -2.37. The topological polar surface area (TPSA) is 116 Å². The fourth-order valence-electron chi connectivity index (χ4n) is 0.512. The van der Waals surface area contributed by atoms with Crippen LogP contribution in [0.2, 0.25) is 0 Å². The van der Waals surface area contributed by atoms with E-state index in [1.807, 2.05) is 0 Å². The number of rotatable bonds is 6. The molecule has 0 aliphatic rings. The normalized spacial score (nSPS) is 12.4. The van der Waals surface area contributed by atoms with Crippen molar-refractivity contribution >= 4 is 11.9 Å². The maximum atomic E-state index is 10.4. The third-order valence-electron chi connectivity index (χ3n) is 1.16. The molecule has 70 valence electrons. The second-order valence-electron chi connectivity index (χ2n) is 2.24. The van der Waals surface area contributed by atoms with E-state index in [1.54, 1.807) is 0 Å². The van der Waals surface area contributed by atoms with Crippen LogP contribution in [0.4, 0.5) is 0 Å². The smallest absolute Gasteiger partial charge is 0.329 e. The van der Waals surface area contributed by atoms with Crippen molar-refractivity contribution in [1.29, 1.82) is 0 Å². The highest BCUT2D eigenvalue weighted by atomic mass is 16.5. The first-order valence-corrected chi connectivity index (χ1v) is 3.38. The molecule has 0 radical (unpaired) electrons. The third-order valence-corrected chi connectivity index (χ3v) is 1.16. The lowest BCUT2D eigenvalue weighted by atomic mass is 10.2. The van der Waals surface area contributed by atoms with Crippen LogP contribution in [-0.2, 0) is 14.3 Å². The zero-order chi connectivity index (χ0) is 9.56. The fraction of sp³-hybridized carbons (Fsp3) is 0.667. The lowest BCUT2D eigenvalue weighted by Gasteiger charge is -2.05. The van der Waals surface area contributed by atoms with Gasteiger partial charge in [-0.25, -0.2) is 4.79 Å². The van der Waals surface area contributed by atoms with Gasteiger partial charge >= 0.3 is 5.97 Å². The van der Waals surface area contributed by atoms with Gasteiger partial charge < -0.3 is 21.3 Å². The molecule has 1 amide bonds. The van der Waals surface area contributed by atoms with Crippen LogP contribution >= 0.6 is 0 Å². The summed E-state index contributed by atoms with van der Waals surface area (Å²) in [6, 6.07) is -0.765. The predicted octanol–water partition coefficient (Wildman–Crippen LogP) is -1.71. The van der Waals surface area contributed by atoms with Crippen molar-refractivity contribution in [3.8, 4) is 0 Å². The number of aliphatic carboxylic acids is 1. The summed E-state index contributed by atoms with van der Waals surface area (Å²) < 4.78 is 4.63. The Bertz CT molecular complexity index is 171. The van der Waals surface area contributed by atoms with Crippen molar-refractivity contribution in [2.45, 2.75) is 12.5 Å². The van der Waals surface area contributed by atoms with Crippen molar-refractivity contribution in [1.82, 2.24) is 0 Å². The predicted molar refractivity (Wildman–Crippen MR) is 40.2 cm³/mol. The van der Waals surface area contributed by atoms with E-state index in [1.165, 1.54) is 0 Å². The summed E-state index contributed by atoms with van der Waals surface area (Å²) >= 11 is 0. The molecule has 1 unspecified atom stereocenters. The minimum atomic E-state index is -1.05. The monoisotopic (exact) mass is 176 g/mol. The molecule has 0 rings (SSSR count). The standard InChI is InChI=1S/C6H12N2O4/c7-4(6(8)11)1-2-12-3-5(9)10/h4H,1-3,7H2,(H2,8,11)(H,9,10). The van der Waals surface area contributed by atoms with Crippen molar-refractivity contribution < 1.29 is 19.4 Å². The Balaban J connectivity index is 3.31. The highest BCUT2D eigenvalue weighted by molar-refractivity contribution is 5.79. The maximum Gasteiger partial charge on any atom is 0.329 e. The van der Waals surface area contributed by atoms with Gasteiger partial charge in [0.15, 0.2) is 0 Å². The molecule has 12 heavy (non-hydrogen) atoms. The molecular weight excluding hydrogens is 164 g/mol. The number of ether oxygens (including phenoxy) is 1. The first-order valence-electron chi connectivity index (χ1n) is 3.38. The van der Waals surface area contributed by atoms with E-state index < -0.39 is 17.9 Å². The van der Waals surface area contributed by atoms with Crippen LogP contribution in [0.25, 0.3) is 0 Å². The van der Waals surface area contributed by atoms with Crippen molar-refractivity contribution in [3.05, 3.63) is 0 Å². The van der Waals surface area contributed by atoms with Crippen LogP contribution in [0.3, 0.4) is 0 Å². The van der Waals surface area contributed by atoms with Gasteiger partial charge in [0, 0.05) is 6.61 Å². The summed E-state index contributed by atoms with van der Waals surface area (Å²) in [5, 5.41) is 8.14. The van der Waals surface area contributed by atoms with E-state index in [4.69, 9.17) is 16.6 Å². The molecular formula is C6H12N2O4. The van der Waals surface area contributed by atoms with E-state index in [9.17, 15) is 9.59 Å². The Morgan fingerprint density at radius 2 is 2.08 bits per heavy atom. The van der Waals surface area contributed by atoms with Crippen LogP contribution in [0.5, 0.6) is 0 Å². The van der Waals surface area contributed by atoms with E-state index in [0.29, 0.717) is 0 Å². The van der Waals surface area contributed by atoms with Crippen LogP contribution in [0.15, 0.2) is 0 Å². The van der Waals surface area contributed by atoms with Crippen molar-refractivity contribution in [2.24, 2.45) is 11.5 Å². The van der Waals surface area contributed by atoms with Crippen LogP contribution in [0.1, 0.15) is 6.42 Å². The van der Waals surface area contributed by atoms with Crippen molar-refractivity contribution in [3.63, 3.8) is 0 Å². The van der Waals surface area contributed by atoms with Gasteiger partial charge in [0.1, 0.15) is 6.61 Å². The minimum Gasteiger partial charge on any atom is -0.480 e. The molecule has 0 spiro atoms. The molecule has 0 aromatic heterocycles. The second kappa shape index (κ2) is 5.50. The molecule has 0 aliphatic heterocycles. The average Bonchev–Trinajstić information content (AvgIpc) is 1.97. The Morgan fingerprint density at radius 1 is 1.50 bits per heavy atom. The molecule has 1 atom stereocenters. The number of nitrogens with two attached hydrogens (primary N) is 2. The van der Waals surface area contributed by atoms with Gasteiger partial charge in [0.25, 0.3) is 0 Å². The Hall–Kier alpha value is -1.14. The zero-order valence-electron chi connectivity index (χ0n) is 6.53. The first-order chi connectivity index (χ1) is 5.54. The van der Waals surface area contributed by atoms with Crippen LogP contribution in [0, 0.1) is 0 Å². The number of carbonyl (C=O) groups excluding carboxylic acids is 1. The fourth-order valence-corrected chi connectivity index (χ4v) is 0.512. The summed E-state index contributed by atoms with van der Waals surface area (Å²) in [5.41, 5.74) is 10.1. The maximum absolute atomic E-state index is 10.4. The van der Waals surface area contributed by atoms with E-state index in [0.717, 1.165) is 0 Å². The number of hydrogen-bond acceptors (Lipinski definition) is 4. The summed E-state index contributed by atoms with van der Waals surface area (Å²) in [5.74, 6) is -1.67. The number of carbonyl (C=O) groups is 2. The molecule has 0 fully saturated rings. The van der Waals surface area contributed by atoms with Crippen LogP contribution in [-0.4, -0.2) is 36.2 Å². The highest BCUT2D eigenvalue weighted by Gasteiger charge is 2.08. The lowest BCUT2D eigenvalue weighted by molar-refractivity contribution is -0.142. The average molecular weight is 176 g/mol. The number of hydrogen-bond donors (Lipinski definition) is 3. The Kier molecular flexibility index (Phi) is 4.98. The first kappa shape index (κ1) is 10.9. The Labute approximate surface area is 69.5 Å². The summed E-state index contributed by atoms with van der Waals surface area (Å²) in [6.07, 6.45) is 0.239. The number of amides is 1. The van der Waals surface area contributed by atoms with Gasteiger partial charge in [0.2, 0.25) is 5.91 Å². The third kappa shape index (κ3) is 5.63. The molecule has 0 heterocycles.